The Kier molecular flexibility index (Phi) is 3.69. The number of hydrogen-bond acceptors (Lipinski definition) is 4. The van der Waals surface area contributed by atoms with Gasteiger partial charge in [-0.05, 0) is 31.7 Å². The summed E-state index contributed by atoms with van der Waals surface area (Å²) in [5.74, 6) is 0.231. The predicted octanol–water partition coefficient (Wildman–Crippen LogP) is 2.35. The summed E-state index contributed by atoms with van der Waals surface area (Å²) in [5.41, 5.74) is 6.32. The van der Waals surface area contributed by atoms with Crippen molar-refractivity contribution in [3.63, 3.8) is 0 Å². The number of carbonyl (C=O) groups is 1. The first-order valence-corrected chi connectivity index (χ1v) is 6.33. The summed E-state index contributed by atoms with van der Waals surface area (Å²) in [6, 6.07) is 1.76. The van der Waals surface area contributed by atoms with E-state index in [9.17, 15) is 4.79 Å². The fourth-order valence-electron chi connectivity index (χ4n) is 2.51. The van der Waals surface area contributed by atoms with Crippen molar-refractivity contribution >= 4 is 17.5 Å². The standard InChI is InChI=1S/C13H19N3O2/c1-8(9-4-2-3-5-9)16-12-11(14)6-10(7-15-12)13(17)18/h6-9H,2-5,14H2,1H3,(H,15,16)(H,17,18). The maximum atomic E-state index is 10.8. The number of pyridine rings is 1. The van der Waals surface area contributed by atoms with Crippen LogP contribution in [0.25, 0.3) is 0 Å². The van der Waals surface area contributed by atoms with Crippen molar-refractivity contribution in [2.24, 2.45) is 5.92 Å². The highest BCUT2D eigenvalue weighted by Gasteiger charge is 2.22. The molecule has 1 saturated carbocycles. The number of aromatic nitrogens is 1. The second kappa shape index (κ2) is 5.25. The molecule has 1 aliphatic carbocycles. The van der Waals surface area contributed by atoms with Gasteiger partial charge in [0.1, 0.15) is 5.82 Å². The number of nitrogen functional groups attached to an aromatic ring is 1. The smallest absolute Gasteiger partial charge is 0.337 e. The topological polar surface area (TPSA) is 88.2 Å². The Balaban J connectivity index is 2.06. The molecule has 0 aliphatic heterocycles. The molecule has 5 nitrogen and oxygen atoms in total. The zero-order valence-corrected chi connectivity index (χ0v) is 10.5. The number of nitrogens with one attached hydrogen (secondary N) is 1. The number of aromatic carboxylic acids is 1. The van der Waals surface area contributed by atoms with E-state index in [2.05, 4.69) is 17.2 Å². The van der Waals surface area contributed by atoms with Crippen molar-refractivity contribution < 1.29 is 9.90 Å². The molecule has 1 heterocycles. The summed E-state index contributed by atoms with van der Waals surface area (Å²) < 4.78 is 0. The third kappa shape index (κ3) is 2.72. The van der Waals surface area contributed by atoms with Crippen molar-refractivity contribution in [3.8, 4) is 0 Å². The molecule has 1 unspecified atom stereocenters. The molecule has 5 heteroatoms. The van der Waals surface area contributed by atoms with Crippen LogP contribution in [0.3, 0.4) is 0 Å². The maximum Gasteiger partial charge on any atom is 0.337 e. The van der Waals surface area contributed by atoms with Crippen LogP contribution in [-0.2, 0) is 0 Å². The zero-order chi connectivity index (χ0) is 13.1. The first-order chi connectivity index (χ1) is 8.58. The lowest BCUT2D eigenvalue weighted by atomic mass is 10.00. The minimum atomic E-state index is -1.01. The molecule has 1 aromatic heterocycles. The van der Waals surface area contributed by atoms with E-state index in [1.807, 2.05) is 0 Å². The van der Waals surface area contributed by atoms with Crippen LogP contribution in [-0.4, -0.2) is 22.1 Å². The molecular formula is C13H19N3O2. The molecule has 98 valence electrons. The van der Waals surface area contributed by atoms with E-state index in [-0.39, 0.29) is 5.56 Å². The third-order valence-corrected chi connectivity index (χ3v) is 3.64. The number of carboxylic acid groups (broad SMARTS) is 1. The summed E-state index contributed by atoms with van der Waals surface area (Å²) in [6.07, 6.45) is 6.39. The van der Waals surface area contributed by atoms with Gasteiger partial charge in [-0.25, -0.2) is 9.78 Å². The van der Waals surface area contributed by atoms with Crippen LogP contribution >= 0.6 is 0 Å². The van der Waals surface area contributed by atoms with Gasteiger partial charge < -0.3 is 16.2 Å². The minimum Gasteiger partial charge on any atom is -0.478 e. The third-order valence-electron chi connectivity index (χ3n) is 3.64. The lowest BCUT2D eigenvalue weighted by Crippen LogP contribution is -2.25. The van der Waals surface area contributed by atoms with Gasteiger partial charge in [-0.3, -0.25) is 0 Å². The van der Waals surface area contributed by atoms with Crippen molar-refractivity contribution in [1.82, 2.24) is 4.98 Å². The lowest BCUT2D eigenvalue weighted by Gasteiger charge is -2.21. The Labute approximate surface area is 106 Å². The first-order valence-electron chi connectivity index (χ1n) is 6.33. The Morgan fingerprint density at radius 2 is 2.22 bits per heavy atom. The number of nitrogens with two attached hydrogens (primary N) is 1. The van der Waals surface area contributed by atoms with E-state index >= 15 is 0 Å². The van der Waals surface area contributed by atoms with Gasteiger partial charge >= 0.3 is 5.97 Å². The van der Waals surface area contributed by atoms with E-state index in [1.165, 1.54) is 37.9 Å². The second-order valence-electron chi connectivity index (χ2n) is 4.94. The molecule has 18 heavy (non-hydrogen) atoms. The number of hydrogen-bond donors (Lipinski definition) is 3. The van der Waals surface area contributed by atoms with E-state index < -0.39 is 5.97 Å². The van der Waals surface area contributed by atoms with Crippen LogP contribution in [0.4, 0.5) is 11.5 Å². The number of nitrogens with zero attached hydrogens (tertiary/aromatic N) is 1. The average Bonchev–Trinajstić information content (AvgIpc) is 2.85. The Bertz CT molecular complexity index is 442. The van der Waals surface area contributed by atoms with Gasteiger partial charge in [0.05, 0.1) is 11.3 Å². The normalized spacial score (nSPS) is 17.6. The Hall–Kier alpha value is -1.78. The Morgan fingerprint density at radius 3 is 2.78 bits per heavy atom. The molecule has 1 aromatic rings. The van der Waals surface area contributed by atoms with Gasteiger partial charge in [0.15, 0.2) is 0 Å². The Morgan fingerprint density at radius 1 is 1.56 bits per heavy atom. The summed E-state index contributed by atoms with van der Waals surface area (Å²) in [5, 5.41) is 12.1. The molecule has 2 rings (SSSR count). The summed E-state index contributed by atoms with van der Waals surface area (Å²) >= 11 is 0. The fraction of sp³-hybridized carbons (Fsp3) is 0.538. The highest BCUT2D eigenvalue weighted by atomic mass is 16.4. The minimum absolute atomic E-state index is 0.117. The molecular weight excluding hydrogens is 230 g/mol. The molecule has 1 aliphatic rings. The SMILES string of the molecule is CC(Nc1ncc(C(=O)O)cc1N)C1CCCC1. The molecule has 0 amide bonds. The molecule has 0 spiro atoms. The molecule has 1 fully saturated rings. The molecule has 0 radical (unpaired) electrons. The number of rotatable bonds is 4. The predicted molar refractivity (Wildman–Crippen MR) is 70.7 cm³/mol. The zero-order valence-electron chi connectivity index (χ0n) is 10.5. The molecule has 0 saturated heterocycles. The second-order valence-corrected chi connectivity index (χ2v) is 4.94. The first kappa shape index (κ1) is 12.7. The van der Waals surface area contributed by atoms with E-state index in [1.54, 1.807) is 0 Å². The van der Waals surface area contributed by atoms with Crippen LogP contribution in [0.2, 0.25) is 0 Å². The maximum absolute atomic E-state index is 10.8. The largest absolute Gasteiger partial charge is 0.478 e. The van der Waals surface area contributed by atoms with Crippen LogP contribution < -0.4 is 11.1 Å². The monoisotopic (exact) mass is 249 g/mol. The van der Waals surface area contributed by atoms with Gasteiger partial charge in [0.25, 0.3) is 0 Å². The molecule has 1 atom stereocenters. The van der Waals surface area contributed by atoms with E-state index in [0.29, 0.717) is 23.5 Å². The van der Waals surface area contributed by atoms with Gasteiger partial charge in [0, 0.05) is 12.2 Å². The summed E-state index contributed by atoms with van der Waals surface area (Å²) in [7, 11) is 0. The number of carboxylic acids is 1. The van der Waals surface area contributed by atoms with Gasteiger partial charge in [-0.2, -0.15) is 0 Å². The van der Waals surface area contributed by atoms with E-state index in [0.717, 1.165) is 0 Å². The van der Waals surface area contributed by atoms with Gasteiger partial charge in [-0.15, -0.1) is 0 Å². The molecule has 0 bridgehead atoms. The average molecular weight is 249 g/mol. The van der Waals surface area contributed by atoms with Crippen molar-refractivity contribution in [2.75, 3.05) is 11.1 Å². The van der Waals surface area contributed by atoms with Crippen LogP contribution in [0.1, 0.15) is 43.0 Å². The molecule has 0 aromatic carbocycles. The van der Waals surface area contributed by atoms with Crippen LogP contribution in [0.5, 0.6) is 0 Å². The summed E-state index contributed by atoms with van der Waals surface area (Å²) in [6.45, 7) is 2.13. The van der Waals surface area contributed by atoms with Crippen LogP contribution in [0, 0.1) is 5.92 Å². The van der Waals surface area contributed by atoms with E-state index in [4.69, 9.17) is 10.8 Å². The quantitative estimate of drug-likeness (QED) is 0.762. The highest BCUT2D eigenvalue weighted by Crippen LogP contribution is 2.29. The van der Waals surface area contributed by atoms with Gasteiger partial charge in [-0.1, -0.05) is 12.8 Å². The van der Waals surface area contributed by atoms with Gasteiger partial charge in [0.2, 0.25) is 0 Å². The molecule has 4 N–H and O–H groups in total. The number of anilines is 2. The van der Waals surface area contributed by atoms with Crippen molar-refractivity contribution in [3.05, 3.63) is 17.8 Å². The fourth-order valence-corrected chi connectivity index (χ4v) is 2.51. The van der Waals surface area contributed by atoms with Crippen LogP contribution in [0.15, 0.2) is 12.3 Å². The highest BCUT2D eigenvalue weighted by molar-refractivity contribution is 5.89. The summed E-state index contributed by atoms with van der Waals surface area (Å²) in [4.78, 5) is 14.9. The van der Waals surface area contributed by atoms with Crippen molar-refractivity contribution in [2.45, 2.75) is 38.6 Å². The lowest BCUT2D eigenvalue weighted by molar-refractivity contribution is 0.0696. The van der Waals surface area contributed by atoms with Crippen molar-refractivity contribution in [1.29, 1.82) is 0 Å².